The normalized spacial score (nSPS) is 10.9. The van der Waals surface area contributed by atoms with Gasteiger partial charge in [-0.3, -0.25) is 4.57 Å². The first-order valence-electron chi connectivity index (χ1n) is 7.39. The molecule has 0 fully saturated rings. The van der Waals surface area contributed by atoms with E-state index in [1.807, 2.05) is 34.5 Å². The fraction of sp³-hybridized carbons (Fsp3) is 0.111. The predicted molar refractivity (Wildman–Crippen MR) is 95.3 cm³/mol. The molecular formula is C18H15N3O2S. The van der Waals surface area contributed by atoms with Gasteiger partial charge in [0.1, 0.15) is 17.3 Å². The lowest BCUT2D eigenvalue weighted by atomic mass is 10.1. The van der Waals surface area contributed by atoms with Gasteiger partial charge in [-0.1, -0.05) is 0 Å². The molecule has 0 bridgehead atoms. The summed E-state index contributed by atoms with van der Waals surface area (Å²) in [5.74, 6) is 2.30. The molecule has 2 heterocycles. The highest BCUT2D eigenvalue weighted by atomic mass is 32.1. The Morgan fingerprint density at radius 3 is 2.75 bits per heavy atom. The Morgan fingerprint density at radius 2 is 1.92 bits per heavy atom. The van der Waals surface area contributed by atoms with E-state index in [1.54, 1.807) is 31.8 Å². The molecular weight excluding hydrogens is 322 g/mol. The molecule has 120 valence electrons. The van der Waals surface area contributed by atoms with E-state index in [0.29, 0.717) is 0 Å². The number of aromatic nitrogens is 3. The highest BCUT2D eigenvalue weighted by Gasteiger charge is 2.14. The van der Waals surface area contributed by atoms with Crippen molar-refractivity contribution in [1.82, 2.24) is 14.5 Å². The number of hydrogen-bond acceptors (Lipinski definition) is 5. The predicted octanol–water partition coefficient (Wildman–Crippen LogP) is 4.17. The number of thiazole rings is 1. The summed E-state index contributed by atoms with van der Waals surface area (Å²) in [5.41, 5.74) is 4.72. The number of hydrogen-bond donors (Lipinski definition) is 0. The van der Waals surface area contributed by atoms with Crippen LogP contribution in [-0.4, -0.2) is 28.8 Å². The molecule has 0 amide bonds. The standard InChI is InChI=1S/C18H15N3O2S/c1-22-13-4-5-16(23-2)14(10-13)18-19-7-8-21(18)12-3-6-17-15(9-12)20-11-24-17/h3-11H,1-2H3. The maximum atomic E-state index is 5.50. The third-order valence-electron chi connectivity index (χ3n) is 3.88. The lowest BCUT2D eigenvalue weighted by Gasteiger charge is -2.12. The summed E-state index contributed by atoms with van der Waals surface area (Å²) < 4.78 is 14.0. The quantitative estimate of drug-likeness (QED) is 0.561. The third-order valence-corrected chi connectivity index (χ3v) is 4.69. The van der Waals surface area contributed by atoms with Crippen molar-refractivity contribution in [3.63, 3.8) is 0 Å². The third kappa shape index (κ3) is 2.41. The molecule has 0 unspecified atom stereocenters. The van der Waals surface area contributed by atoms with Crippen LogP contribution in [0.5, 0.6) is 11.5 Å². The van der Waals surface area contributed by atoms with Crippen molar-refractivity contribution in [3.05, 3.63) is 54.3 Å². The number of imidazole rings is 1. The summed E-state index contributed by atoms with van der Waals surface area (Å²) in [7, 11) is 3.30. The van der Waals surface area contributed by atoms with Crippen LogP contribution in [0.2, 0.25) is 0 Å². The van der Waals surface area contributed by atoms with Crippen LogP contribution in [0.25, 0.3) is 27.3 Å². The maximum Gasteiger partial charge on any atom is 0.148 e. The molecule has 0 atom stereocenters. The molecule has 0 spiro atoms. The summed E-state index contributed by atoms with van der Waals surface area (Å²) in [6.07, 6.45) is 3.71. The Labute approximate surface area is 143 Å². The minimum absolute atomic E-state index is 0.748. The summed E-state index contributed by atoms with van der Waals surface area (Å²) in [6.45, 7) is 0. The van der Waals surface area contributed by atoms with Crippen molar-refractivity contribution in [2.24, 2.45) is 0 Å². The van der Waals surface area contributed by atoms with E-state index in [-0.39, 0.29) is 0 Å². The molecule has 0 radical (unpaired) electrons. The van der Waals surface area contributed by atoms with Gasteiger partial charge >= 0.3 is 0 Å². The first-order valence-corrected chi connectivity index (χ1v) is 8.27. The van der Waals surface area contributed by atoms with Crippen LogP contribution in [0.3, 0.4) is 0 Å². The lowest BCUT2D eigenvalue weighted by Crippen LogP contribution is -1.99. The number of methoxy groups -OCH3 is 2. The van der Waals surface area contributed by atoms with Crippen molar-refractivity contribution in [3.8, 4) is 28.6 Å². The molecule has 2 aromatic carbocycles. The largest absolute Gasteiger partial charge is 0.497 e. The van der Waals surface area contributed by atoms with Gasteiger partial charge in [0.15, 0.2) is 0 Å². The van der Waals surface area contributed by atoms with E-state index >= 15 is 0 Å². The molecule has 2 aromatic heterocycles. The Morgan fingerprint density at radius 1 is 1.00 bits per heavy atom. The minimum atomic E-state index is 0.748. The highest BCUT2D eigenvalue weighted by Crippen LogP contribution is 2.34. The van der Waals surface area contributed by atoms with Crippen molar-refractivity contribution in [1.29, 1.82) is 0 Å². The summed E-state index contributed by atoms with van der Waals surface area (Å²) >= 11 is 1.63. The topological polar surface area (TPSA) is 49.2 Å². The molecule has 0 aliphatic carbocycles. The van der Waals surface area contributed by atoms with Crippen LogP contribution < -0.4 is 9.47 Å². The molecule has 0 saturated carbocycles. The number of rotatable bonds is 4. The van der Waals surface area contributed by atoms with E-state index < -0.39 is 0 Å². The van der Waals surface area contributed by atoms with Gasteiger partial charge in [-0.25, -0.2) is 9.97 Å². The number of fused-ring (bicyclic) bond motifs is 1. The van der Waals surface area contributed by atoms with Crippen LogP contribution in [0.1, 0.15) is 0 Å². The minimum Gasteiger partial charge on any atom is -0.497 e. The molecule has 0 N–H and O–H groups in total. The fourth-order valence-electron chi connectivity index (χ4n) is 2.70. The molecule has 5 nitrogen and oxygen atoms in total. The van der Waals surface area contributed by atoms with Gasteiger partial charge in [-0.2, -0.15) is 0 Å². The van der Waals surface area contributed by atoms with Gasteiger partial charge in [0.2, 0.25) is 0 Å². The van der Waals surface area contributed by atoms with Gasteiger partial charge in [0.25, 0.3) is 0 Å². The number of ether oxygens (including phenoxy) is 2. The monoisotopic (exact) mass is 337 g/mol. The van der Waals surface area contributed by atoms with E-state index in [4.69, 9.17) is 9.47 Å². The molecule has 4 aromatic rings. The maximum absolute atomic E-state index is 5.50. The van der Waals surface area contributed by atoms with E-state index in [2.05, 4.69) is 28.2 Å². The lowest BCUT2D eigenvalue weighted by molar-refractivity contribution is 0.404. The summed E-state index contributed by atoms with van der Waals surface area (Å²) in [6, 6.07) is 11.9. The Bertz CT molecular complexity index is 1010. The van der Waals surface area contributed by atoms with Crippen LogP contribution in [0.15, 0.2) is 54.3 Å². The van der Waals surface area contributed by atoms with Crippen LogP contribution in [0, 0.1) is 0 Å². The van der Waals surface area contributed by atoms with Gasteiger partial charge in [-0.15, -0.1) is 11.3 Å². The zero-order valence-electron chi connectivity index (χ0n) is 13.3. The smallest absolute Gasteiger partial charge is 0.148 e. The van der Waals surface area contributed by atoms with E-state index in [1.165, 1.54) is 4.70 Å². The molecule has 6 heteroatoms. The summed E-state index contributed by atoms with van der Waals surface area (Å²) in [4.78, 5) is 8.92. The van der Waals surface area contributed by atoms with Crippen molar-refractivity contribution in [2.45, 2.75) is 0 Å². The first kappa shape index (κ1) is 14.7. The van der Waals surface area contributed by atoms with Crippen molar-refractivity contribution < 1.29 is 9.47 Å². The second kappa shape index (κ2) is 5.98. The summed E-state index contributed by atoms with van der Waals surface area (Å²) in [5, 5.41) is 0. The molecule has 24 heavy (non-hydrogen) atoms. The van der Waals surface area contributed by atoms with E-state index in [0.717, 1.165) is 34.1 Å². The number of nitrogens with zero attached hydrogens (tertiary/aromatic N) is 3. The van der Waals surface area contributed by atoms with Crippen molar-refractivity contribution in [2.75, 3.05) is 14.2 Å². The van der Waals surface area contributed by atoms with Gasteiger partial charge < -0.3 is 9.47 Å². The second-order valence-electron chi connectivity index (χ2n) is 5.19. The Kier molecular flexibility index (Phi) is 3.66. The van der Waals surface area contributed by atoms with E-state index in [9.17, 15) is 0 Å². The SMILES string of the molecule is COc1ccc(OC)c(-c2nccn2-c2ccc3scnc3c2)c1. The number of benzene rings is 2. The Balaban J connectivity index is 1.88. The molecule has 0 saturated heterocycles. The van der Waals surface area contributed by atoms with Crippen LogP contribution in [-0.2, 0) is 0 Å². The zero-order chi connectivity index (χ0) is 16.5. The molecule has 0 aliphatic rings. The average Bonchev–Trinajstić information content (AvgIpc) is 3.29. The second-order valence-corrected chi connectivity index (χ2v) is 6.08. The zero-order valence-corrected chi connectivity index (χ0v) is 14.1. The highest BCUT2D eigenvalue weighted by molar-refractivity contribution is 7.16. The van der Waals surface area contributed by atoms with Gasteiger partial charge in [-0.05, 0) is 36.4 Å². The van der Waals surface area contributed by atoms with Crippen LogP contribution in [0.4, 0.5) is 0 Å². The van der Waals surface area contributed by atoms with Crippen LogP contribution >= 0.6 is 11.3 Å². The van der Waals surface area contributed by atoms with Gasteiger partial charge in [0.05, 0.1) is 35.5 Å². The fourth-order valence-corrected chi connectivity index (χ4v) is 3.35. The van der Waals surface area contributed by atoms with Gasteiger partial charge in [0, 0.05) is 18.1 Å². The van der Waals surface area contributed by atoms with Crippen molar-refractivity contribution >= 4 is 21.6 Å². The first-order chi connectivity index (χ1) is 11.8. The molecule has 4 rings (SSSR count). The Hall–Kier alpha value is -2.86. The average molecular weight is 337 g/mol. The molecule has 0 aliphatic heterocycles.